The number of nitrogens with zero attached hydrogens (tertiary/aromatic N) is 5. The first-order valence-corrected chi connectivity index (χ1v) is 10.4. The number of carbonyl (C=O) groups is 1. The number of piperazine rings is 2. The van der Waals surface area contributed by atoms with Crippen LogP contribution in [-0.2, 0) is 6.54 Å². The fourth-order valence-corrected chi connectivity index (χ4v) is 3.89. The van der Waals surface area contributed by atoms with Crippen LogP contribution in [-0.4, -0.2) is 80.2 Å². The Kier molecular flexibility index (Phi) is 6.14. The maximum absolute atomic E-state index is 12.4. The Morgan fingerprint density at radius 3 is 2.00 bits per heavy atom. The normalized spacial score (nSPS) is 18.0. The van der Waals surface area contributed by atoms with Crippen LogP contribution in [0.25, 0.3) is 0 Å². The topological polar surface area (TPSA) is 55.0 Å². The van der Waals surface area contributed by atoms with Gasteiger partial charge in [0, 0.05) is 69.9 Å². The van der Waals surface area contributed by atoms with Crippen molar-refractivity contribution in [2.75, 3.05) is 69.2 Å². The zero-order valence-corrected chi connectivity index (χ0v) is 17.1. The molecule has 2 aromatic rings. The van der Waals surface area contributed by atoms with Crippen LogP contribution in [0.1, 0.15) is 5.69 Å². The zero-order chi connectivity index (χ0) is 20.1. The number of hydrogen-bond donors (Lipinski definition) is 1. The number of nitrogens with one attached hydrogen (secondary N) is 1. The summed E-state index contributed by atoms with van der Waals surface area (Å²) in [5.41, 5.74) is 3.41. The Labute approximate surface area is 172 Å². The molecule has 7 nitrogen and oxygen atoms in total. The van der Waals surface area contributed by atoms with Crippen molar-refractivity contribution in [2.24, 2.45) is 0 Å². The van der Waals surface area contributed by atoms with Crippen LogP contribution in [0, 0.1) is 0 Å². The third kappa shape index (κ3) is 4.98. The molecule has 2 aliphatic heterocycles. The van der Waals surface area contributed by atoms with Crippen LogP contribution in [0.5, 0.6) is 0 Å². The molecule has 1 aromatic carbocycles. The van der Waals surface area contributed by atoms with Gasteiger partial charge in [-0.3, -0.25) is 4.98 Å². The van der Waals surface area contributed by atoms with E-state index in [1.54, 1.807) is 6.20 Å². The first-order valence-electron chi connectivity index (χ1n) is 10.4. The van der Waals surface area contributed by atoms with Crippen molar-refractivity contribution in [1.82, 2.24) is 20.1 Å². The van der Waals surface area contributed by atoms with Gasteiger partial charge in [0.15, 0.2) is 0 Å². The highest BCUT2D eigenvalue weighted by Crippen LogP contribution is 2.22. The largest absolute Gasteiger partial charge is 0.369 e. The summed E-state index contributed by atoms with van der Waals surface area (Å²) >= 11 is 0. The van der Waals surface area contributed by atoms with Crippen molar-refractivity contribution in [3.8, 4) is 0 Å². The number of likely N-dealkylation sites (N-methyl/N-ethyl adjacent to an activating group) is 1. The van der Waals surface area contributed by atoms with Crippen molar-refractivity contribution in [3.63, 3.8) is 0 Å². The second kappa shape index (κ2) is 9.13. The van der Waals surface area contributed by atoms with E-state index in [9.17, 15) is 4.79 Å². The standard InChI is InChI=1S/C22H30N6O/c1-25-10-12-26(13-11-25)20-5-7-21(8-6-20)27-14-16-28(17-15-27)22(29)24-18-19-4-2-3-9-23-19/h2-9H,10-18H2,1H3,(H,24,29). The van der Waals surface area contributed by atoms with Gasteiger partial charge in [-0.2, -0.15) is 0 Å². The fourth-order valence-electron chi connectivity index (χ4n) is 3.89. The lowest BCUT2D eigenvalue weighted by atomic mass is 10.2. The average molecular weight is 395 g/mol. The molecule has 2 amide bonds. The van der Waals surface area contributed by atoms with Gasteiger partial charge in [-0.15, -0.1) is 0 Å². The van der Waals surface area contributed by atoms with Gasteiger partial charge in [0.25, 0.3) is 0 Å². The number of urea groups is 1. The van der Waals surface area contributed by atoms with E-state index in [2.05, 4.69) is 56.3 Å². The van der Waals surface area contributed by atoms with E-state index in [0.717, 1.165) is 58.1 Å². The van der Waals surface area contributed by atoms with Crippen molar-refractivity contribution >= 4 is 17.4 Å². The Bertz CT molecular complexity index is 781. The summed E-state index contributed by atoms with van der Waals surface area (Å²) in [6.07, 6.45) is 1.75. The number of benzene rings is 1. The number of rotatable bonds is 4. The number of aromatic nitrogens is 1. The van der Waals surface area contributed by atoms with E-state index in [-0.39, 0.29) is 6.03 Å². The first-order chi connectivity index (χ1) is 14.2. The molecule has 4 rings (SSSR count). The average Bonchev–Trinajstić information content (AvgIpc) is 2.79. The van der Waals surface area contributed by atoms with Crippen LogP contribution in [0.15, 0.2) is 48.7 Å². The predicted octanol–water partition coefficient (Wildman–Crippen LogP) is 1.87. The third-order valence-electron chi connectivity index (χ3n) is 5.80. The van der Waals surface area contributed by atoms with Crippen molar-refractivity contribution in [2.45, 2.75) is 6.54 Å². The summed E-state index contributed by atoms with van der Waals surface area (Å²) in [7, 11) is 2.18. The van der Waals surface area contributed by atoms with Crippen LogP contribution >= 0.6 is 0 Å². The molecule has 0 spiro atoms. The molecule has 1 N–H and O–H groups in total. The molecule has 0 radical (unpaired) electrons. The molecule has 2 saturated heterocycles. The van der Waals surface area contributed by atoms with E-state index < -0.39 is 0 Å². The van der Waals surface area contributed by atoms with Gasteiger partial charge in [0.2, 0.25) is 0 Å². The predicted molar refractivity (Wildman–Crippen MR) is 116 cm³/mol. The smallest absolute Gasteiger partial charge is 0.317 e. The van der Waals surface area contributed by atoms with Gasteiger partial charge in [0.05, 0.1) is 12.2 Å². The van der Waals surface area contributed by atoms with Gasteiger partial charge >= 0.3 is 6.03 Å². The minimum absolute atomic E-state index is 0.0132. The van der Waals surface area contributed by atoms with Crippen LogP contribution < -0.4 is 15.1 Å². The minimum Gasteiger partial charge on any atom is -0.369 e. The Hall–Kier alpha value is -2.80. The maximum Gasteiger partial charge on any atom is 0.317 e. The Morgan fingerprint density at radius 2 is 1.45 bits per heavy atom. The number of amides is 2. The lowest BCUT2D eigenvalue weighted by Gasteiger charge is -2.37. The molecule has 2 fully saturated rings. The number of hydrogen-bond acceptors (Lipinski definition) is 5. The number of pyridine rings is 1. The highest BCUT2D eigenvalue weighted by atomic mass is 16.2. The first kappa shape index (κ1) is 19.5. The summed E-state index contributed by atoms with van der Waals surface area (Å²) in [6, 6.07) is 14.6. The number of anilines is 2. The highest BCUT2D eigenvalue weighted by Gasteiger charge is 2.21. The molecule has 3 heterocycles. The summed E-state index contributed by atoms with van der Waals surface area (Å²) < 4.78 is 0. The van der Waals surface area contributed by atoms with E-state index in [1.807, 2.05) is 23.1 Å². The maximum atomic E-state index is 12.4. The molecule has 0 saturated carbocycles. The summed E-state index contributed by atoms with van der Waals surface area (Å²) in [6.45, 7) is 8.04. The van der Waals surface area contributed by atoms with Gasteiger partial charge in [-0.05, 0) is 43.4 Å². The van der Waals surface area contributed by atoms with E-state index in [1.165, 1.54) is 11.4 Å². The molecule has 0 aliphatic carbocycles. The molecular formula is C22H30N6O. The summed E-state index contributed by atoms with van der Waals surface area (Å²) in [5, 5.41) is 2.97. The molecule has 0 unspecified atom stereocenters. The van der Waals surface area contributed by atoms with Gasteiger partial charge in [-0.1, -0.05) is 6.07 Å². The number of carbonyl (C=O) groups excluding carboxylic acids is 1. The van der Waals surface area contributed by atoms with Gasteiger partial charge < -0.3 is 24.9 Å². The van der Waals surface area contributed by atoms with E-state index in [4.69, 9.17) is 0 Å². The van der Waals surface area contributed by atoms with Crippen molar-refractivity contribution in [1.29, 1.82) is 0 Å². The van der Waals surface area contributed by atoms with Crippen LogP contribution in [0.2, 0.25) is 0 Å². The van der Waals surface area contributed by atoms with Crippen LogP contribution in [0.3, 0.4) is 0 Å². The van der Waals surface area contributed by atoms with Crippen LogP contribution in [0.4, 0.5) is 16.2 Å². The molecule has 154 valence electrons. The van der Waals surface area contributed by atoms with E-state index >= 15 is 0 Å². The SMILES string of the molecule is CN1CCN(c2ccc(N3CCN(C(=O)NCc4ccccn4)CC3)cc2)CC1. The monoisotopic (exact) mass is 394 g/mol. The molecular weight excluding hydrogens is 364 g/mol. The van der Waals surface area contributed by atoms with Gasteiger partial charge in [-0.25, -0.2) is 4.79 Å². The quantitative estimate of drug-likeness (QED) is 0.858. The minimum atomic E-state index is -0.0132. The fraction of sp³-hybridized carbons (Fsp3) is 0.455. The second-order valence-electron chi connectivity index (χ2n) is 7.76. The molecule has 7 heteroatoms. The molecule has 0 atom stereocenters. The van der Waals surface area contributed by atoms with Crippen molar-refractivity contribution < 1.29 is 4.79 Å². The Balaban J connectivity index is 1.25. The zero-order valence-electron chi connectivity index (χ0n) is 17.1. The molecule has 29 heavy (non-hydrogen) atoms. The summed E-state index contributed by atoms with van der Waals surface area (Å²) in [4.78, 5) is 25.7. The lowest BCUT2D eigenvalue weighted by molar-refractivity contribution is 0.194. The molecule has 2 aliphatic rings. The van der Waals surface area contributed by atoms with Crippen molar-refractivity contribution in [3.05, 3.63) is 54.4 Å². The highest BCUT2D eigenvalue weighted by molar-refractivity contribution is 5.74. The molecule has 0 bridgehead atoms. The van der Waals surface area contributed by atoms with Gasteiger partial charge in [0.1, 0.15) is 0 Å². The third-order valence-corrected chi connectivity index (χ3v) is 5.80. The Morgan fingerprint density at radius 1 is 0.862 bits per heavy atom. The second-order valence-corrected chi connectivity index (χ2v) is 7.76. The lowest BCUT2D eigenvalue weighted by Crippen LogP contribution is -2.51. The molecule has 1 aromatic heterocycles. The van der Waals surface area contributed by atoms with E-state index in [0.29, 0.717) is 6.54 Å². The summed E-state index contributed by atoms with van der Waals surface area (Å²) in [5.74, 6) is 0.